The predicted octanol–water partition coefficient (Wildman–Crippen LogP) is 5.34. The molecule has 3 N–H and O–H groups in total. The number of anilines is 1. The lowest BCUT2D eigenvalue weighted by molar-refractivity contribution is 0.469. The van der Waals surface area contributed by atoms with Gasteiger partial charge in [0, 0.05) is 15.6 Å². The largest absolute Gasteiger partial charge is 0.506 e. The van der Waals surface area contributed by atoms with E-state index in [-0.39, 0.29) is 9.96 Å². The molecule has 5 rings (SSSR count). The van der Waals surface area contributed by atoms with E-state index in [0.717, 1.165) is 22.2 Å². The van der Waals surface area contributed by atoms with E-state index in [1.54, 1.807) is 42.5 Å². The molecule has 0 radical (unpaired) electrons. The van der Waals surface area contributed by atoms with Crippen LogP contribution in [0.25, 0.3) is 21.2 Å². The normalized spacial score (nSPS) is 11.6. The quantitative estimate of drug-likeness (QED) is 0.283. The number of aromatic amines is 1. The first-order chi connectivity index (χ1) is 15.5. The molecule has 0 aliphatic rings. The highest BCUT2D eigenvalue weighted by Gasteiger charge is 2.21. The molecule has 0 unspecified atom stereocenters. The van der Waals surface area contributed by atoms with Crippen molar-refractivity contribution < 1.29 is 13.5 Å². The zero-order valence-corrected chi connectivity index (χ0v) is 18.8. The standard InChI is InChI=1S/C22H16N4O3S3/c27-21-16-9-5-4-8-15(16)17(12-19(21)31-22-23-13-24-25-22)26-32(28,29)20-11-10-18(30-20)14-6-2-1-3-7-14/h1-13,26-27H,(H,23,24,25). The van der Waals surface area contributed by atoms with Crippen molar-refractivity contribution >= 4 is 49.6 Å². The van der Waals surface area contributed by atoms with Crippen LogP contribution in [0.15, 0.2) is 93.4 Å². The Kier molecular flexibility index (Phi) is 5.33. The molecule has 32 heavy (non-hydrogen) atoms. The van der Waals surface area contributed by atoms with Gasteiger partial charge < -0.3 is 5.11 Å². The van der Waals surface area contributed by atoms with Gasteiger partial charge in [-0.05, 0) is 35.5 Å². The average molecular weight is 481 g/mol. The van der Waals surface area contributed by atoms with E-state index < -0.39 is 10.0 Å². The maximum absolute atomic E-state index is 13.2. The minimum absolute atomic E-state index is 0.0486. The molecule has 0 atom stereocenters. The van der Waals surface area contributed by atoms with Crippen molar-refractivity contribution in [3.8, 4) is 16.2 Å². The molecule has 0 saturated heterocycles. The average Bonchev–Trinajstić information content (AvgIpc) is 3.50. The summed E-state index contributed by atoms with van der Waals surface area (Å²) in [6.07, 6.45) is 1.37. The van der Waals surface area contributed by atoms with Crippen LogP contribution in [-0.2, 0) is 10.0 Å². The van der Waals surface area contributed by atoms with Crippen molar-refractivity contribution in [1.82, 2.24) is 15.2 Å². The fraction of sp³-hybridized carbons (Fsp3) is 0. The summed E-state index contributed by atoms with van der Waals surface area (Å²) < 4.78 is 29.3. The molecule has 5 aromatic rings. The summed E-state index contributed by atoms with van der Waals surface area (Å²) >= 11 is 2.36. The Hall–Kier alpha value is -3.34. The van der Waals surface area contributed by atoms with Crippen molar-refractivity contribution in [3.63, 3.8) is 0 Å². The number of H-pyrrole nitrogens is 1. The highest BCUT2D eigenvalue weighted by Crippen LogP contribution is 2.42. The number of hydrogen-bond donors (Lipinski definition) is 3. The number of hydrogen-bond acceptors (Lipinski definition) is 7. The summed E-state index contributed by atoms with van der Waals surface area (Å²) in [5.41, 5.74) is 1.33. The van der Waals surface area contributed by atoms with Gasteiger partial charge in [-0.2, -0.15) is 5.10 Å². The molecule has 2 aromatic heterocycles. The number of aromatic nitrogens is 3. The number of thiophene rings is 1. The lowest BCUT2D eigenvalue weighted by atomic mass is 10.1. The van der Waals surface area contributed by atoms with Crippen LogP contribution in [0, 0.1) is 0 Å². The predicted molar refractivity (Wildman–Crippen MR) is 127 cm³/mol. The Labute approximate surface area is 192 Å². The number of benzene rings is 3. The van der Waals surface area contributed by atoms with Crippen LogP contribution in [-0.4, -0.2) is 28.7 Å². The summed E-state index contributed by atoms with van der Waals surface area (Å²) in [6, 6.07) is 21.7. The number of sulfonamides is 1. The van der Waals surface area contributed by atoms with E-state index in [2.05, 4.69) is 19.9 Å². The molecule has 0 bridgehead atoms. The van der Waals surface area contributed by atoms with E-state index >= 15 is 0 Å². The van der Waals surface area contributed by atoms with Gasteiger partial charge in [0.15, 0.2) is 5.16 Å². The van der Waals surface area contributed by atoms with E-state index in [1.807, 2.05) is 30.3 Å². The third-order valence-electron chi connectivity index (χ3n) is 4.73. The summed E-state index contributed by atoms with van der Waals surface area (Å²) in [5, 5.41) is 18.9. The molecule has 0 aliphatic heterocycles. The highest BCUT2D eigenvalue weighted by atomic mass is 32.2. The summed E-state index contributed by atoms with van der Waals surface area (Å²) in [4.78, 5) is 5.38. The summed E-state index contributed by atoms with van der Waals surface area (Å²) in [5.74, 6) is 0.0486. The third-order valence-corrected chi connectivity index (χ3v) is 8.64. The van der Waals surface area contributed by atoms with Crippen LogP contribution in [0.5, 0.6) is 5.75 Å². The van der Waals surface area contributed by atoms with Crippen molar-refractivity contribution in [1.29, 1.82) is 0 Å². The number of phenolic OH excluding ortho intramolecular Hbond substituents is 1. The van der Waals surface area contributed by atoms with Crippen molar-refractivity contribution in [3.05, 3.63) is 79.1 Å². The van der Waals surface area contributed by atoms with Crippen LogP contribution >= 0.6 is 23.1 Å². The molecule has 0 spiro atoms. The second kappa shape index (κ2) is 8.30. The molecule has 3 aromatic carbocycles. The van der Waals surface area contributed by atoms with Crippen molar-refractivity contribution in [2.75, 3.05) is 4.72 Å². The van der Waals surface area contributed by atoms with Crippen molar-refractivity contribution in [2.45, 2.75) is 14.3 Å². The molecule has 0 saturated carbocycles. The molecule has 0 amide bonds. The number of aromatic hydroxyl groups is 1. The SMILES string of the molecule is O=S(=O)(Nc1cc(Sc2ncn[nH]2)c(O)c2ccccc12)c1ccc(-c2ccccc2)s1. The van der Waals surface area contributed by atoms with Crippen LogP contribution in [0.1, 0.15) is 0 Å². The highest BCUT2D eigenvalue weighted by molar-refractivity contribution is 7.99. The number of nitrogens with one attached hydrogen (secondary N) is 2. The molecule has 0 aliphatic carbocycles. The van der Waals surface area contributed by atoms with Gasteiger partial charge in [0.25, 0.3) is 10.0 Å². The fourth-order valence-corrected chi connectivity index (χ4v) is 6.43. The van der Waals surface area contributed by atoms with Gasteiger partial charge in [-0.25, -0.2) is 13.4 Å². The minimum Gasteiger partial charge on any atom is -0.506 e. The molecule has 10 heteroatoms. The molecule has 7 nitrogen and oxygen atoms in total. The van der Waals surface area contributed by atoms with Crippen LogP contribution < -0.4 is 4.72 Å². The number of rotatable bonds is 6. The molecular weight excluding hydrogens is 464 g/mol. The topological polar surface area (TPSA) is 108 Å². The van der Waals surface area contributed by atoms with Gasteiger partial charge in [0.05, 0.1) is 10.6 Å². The van der Waals surface area contributed by atoms with E-state index in [1.165, 1.54) is 17.7 Å². The lowest BCUT2D eigenvalue weighted by Gasteiger charge is -2.13. The second-order valence-electron chi connectivity index (χ2n) is 6.80. The van der Waals surface area contributed by atoms with Gasteiger partial charge in [0.2, 0.25) is 0 Å². The smallest absolute Gasteiger partial charge is 0.271 e. The number of fused-ring (bicyclic) bond motifs is 1. The first-order valence-electron chi connectivity index (χ1n) is 9.47. The van der Waals surface area contributed by atoms with Gasteiger partial charge in [-0.3, -0.25) is 9.82 Å². The van der Waals surface area contributed by atoms with Crippen LogP contribution in [0.2, 0.25) is 0 Å². The van der Waals surface area contributed by atoms with Crippen LogP contribution in [0.4, 0.5) is 5.69 Å². The number of phenols is 1. The van der Waals surface area contributed by atoms with Crippen molar-refractivity contribution in [2.24, 2.45) is 0 Å². The Morgan fingerprint density at radius 3 is 2.47 bits per heavy atom. The monoisotopic (exact) mass is 480 g/mol. The zero-order valence-electron chi connectivity index (χ0n) is 16.4. The van der Waals surface area contributed by atoms with Gasteiger partial charge in [0.1, 0.15) is 16.3 Å². The maximum atomic E-state index is 13.2. The van der Waals surface area contributed by atoms with Gasteiger partial charge in [-0.15, -0.1) is 11.3 Å². The molecule has 160 valence electrons. The minimum atomic E-state index is -3.84. The maximum Gasteiger partial charge on any atom is 0.271 e. The van der Waals surface area contributed by atoms with E-state index in [0.29, 0.717) is 26.5 Å². The van der Waals surface area contributed by atoms with Gasteiger partial charge in [-0.1, -0.05) is 54.6 Å². The van der Waals surface area contributed by atoms with Gasteiger partial charge >= 0.3 is 0 Å². The first kappa shape index (κ1) is 20.6. The second-order valence-corrected chi connectivity index (χ2v) is 10.8. The zero-order chi connectivity index (χ0) is 22.1. The summed E-state index contributed by atoms with van der Waals surface area (Å²) in [7, 11) is -3.84. The van der Waals surface area contributed by atoms with E-state index in [9.17, 15) is 13.5 Å². The Bertz CT molecular complexity index is 1500. The lowest BCUT2D eigenvalue weighted by Crippen LogP contribution is -2.11. The molecule has 0 fully saturated rings. The molecular formula is C22H16N4O3S3. The Morgan fingerprint density at radius 1 is 0.969 bits per heavy atom. The number of nitrogens with zero attached hydrogens (tertiary/aromatic N) is 2. The van der Waals surface area contributed by atoms with E-state index in [4.69, 9.17) is 0 Å². The summed E-state index contributed by atoms with van der Waals surface area (Å²) in [6.45, 7) is 0. The molecule has 2 heterocycles. The Morgan fingerprint density at radius 2 is 1.72 bits per heavy atom. The first-order valence-corrected chi connectivity index (χ1v) is 12.6. The Balaban J connectivity index is 1.54. The van der Waals surface area contributed by atoms with Crippen LogP contribution in [0.3, 0.4) is 0 Å². The third kappa shape index (κ3) is 3.95. The fourth-order valence-electron chi connectivity index (χ4n) is 3.26.